The van der Waals surface area contributed by atoms with Crippen LogP contribution < -0.4 is 53.2 Å². The summed E-state index contributed by atoms with van der Waals surface area (Å²) in [6.45, 7) is 12.3. The highest BCUT2D eigenvalue weighted by Gasteiger charge is 2.38. The molecule has 0 bridgehead atoms. The molecule has 0 saturated carbocycles. The molecule has 61 heteroatoms. The molecule has 4 aromatic carbocycles. The van der Waals surface area contributed by atoms with Gasteiger partial charge in [0.15, 0.2) is 19.8 Å². The number of rotatable bonds is 45. The minimum Gasteiger partial charge on any atom is -0.461 e. The maximum atomic E-state index is 15.0. The van der Waals surface area contributed by atoms with Crippen molar-refractivity contribution in [3.8, 4) is 0 Å². The van der Waals surface area contributed by atoms with Gasteiger partial charge in [0.05, 0.1) is 150 Å². The molecule has 5 atom stereocenters. The van der Waals surface area contributed by atoms with Gasteiger partial charge in [-0.25, -0.2) is 9.59 Å². The summed E-state index contributed by atoms with van der Waals surface area (Å²) in [4.78, 5) is 232. The number of nitrogens with two attached hydrogens (primary N) is 1. The van der Waals surface area contributed by atoms with Gasteiger partial charge in [-0.3, -0.25) is 76.7 Å². The molecule has 145 heavy (non-hydrogen) atoms. The zero-order chi connectivity index (χ0) is 112. The van der Waals surface area contributed by atoms with Gasteiger partial charge in [-0.15, -0.1) is 0 Å². The third-order valence-electron chi connectivity index (χ3n) is 17.5. The molecule has 4 aromatic rings. The number of halogens is 14. The number of carbonyl (C=O) groups is 18. The minimum atomic E-state index is -1.50. The van der Waals surface area contributed by atoms with E-state index in [1.807, 2.05) is 179 Å². The number of anilines is 5. The van der Waals surface area contributed by atoms with Crippen LogP contribution in [0, 0.1) is 42.8 Å². The van der Waals surface area contributed by atoms with Gasteiger partial charge in [0.25, 0.3) is 63.6 Å². The number of amides is 11. The van der Waals surface area contributed by atoms with E-state index in [-0.39, 0.29) is 147 Å². The van der Waals surface area contributed by atoms with E-state index in [1.54, 1.807) is 146 Å². The monoisotopic (exact) mass is 3430 g/mol. The Hall–Kier alpha value is -3.92. The van der Waals surface area contributed by atoms with Crippen LogP contribution in [0.2, 0.25) is 0 Å². The average Bonchev–Trinajstić information content (AvgIpc) is 0.764. The Morgan fingerprint density at radius 3 is 1.01 bits per heavy atom. The summed E-state index contributed by atoms with van der Waals surface area (Å²) in [5, 5.41) is 96.5. The molecular formula is C84H108Cl2I12N14O33. The first-order valence-corrected chi connectivity index (χ1v) is 55.5. The molecule has 0 heterocycles. The Labute approximate surface area is 1010 Å². The van der Waals surface area contributed by atoms with Gasteiger partial charge in [-0.1, -0.05) is 0 Å². The van der Waals surface area contributed by atoms with Gasteiger partial charge in [0, 0.05) is 152 Å². The number of benzene rings is 4. The number of aliphatic hydroxyl groups is 8. The Morgan fingerprint density at radius 2 is 0.669 bits per heavy atom. The fraction of sp³-hybridized carbons (Fsp3) is 0.500. The molecule has 4 rings (SSSR count). The molecule has 0 saturated heterocycles. The fourth-order valence-electron chi connectivity index (χ4n) is 11.2. The molecule has 0 aliphatic heterocycles. The van der Waals surface area contributed by atoms with Crippen LogP contribution in [0.3, 0.4) is 0 Å². The summed E-state index contributed by atoms with van der Waals surface area (Å²) >= 11 is 33.6. The van der Waals surface area contributed by atoms with E-state index in [0.717, 1.165) is 48.9 Å². The van der Waals surface area contributed by atoms with Crippen molar-refractivity contribution in [3.63, 3.8) is 0 Å². The van der Waals surface area contributed by atoms with Crippen LogP contribution in [0.4, 0.5) is 38.0 Å². The zero-order valence-corrected chi connectivity index (χ0v) is 107. The molecule has 0 aliphatic carbocycles. The second-order valence-corrected chi connectivity index (χ2v) is 45.5. The molecule has 18 N–H and O–H groups in total. The number of nitrogens with zero attached hydrogens (tertiary/aromatic N) is 5. The number of aliphatic hydroxyl groups excluding tert-OH is 8. The summed E-state index contributed by atoms with van der Waals surface area (Å²) in [7, 11) is 5.79. The normalized spacial score (nSPS) is 11.9. The van der Waals surface area contributed by atoms with Crippen LogP contribution in [0.25, 0.3) is 0 Å². The molecular weight excluding hydrogens is 3330 g/mol. The van der Waals surface area contributed by atoms with Crippen molar-refractivity contribution in [2.75, 3.05) is 186 Å². The smallest absolute Gasteiger partial charge is 0.407 e. The standard InChI is InChI=1S/C41H51I6N7O16.C19H20ClI3N2O9.C15H16ClI3N2O6.C9H21N3O2/c1-18(57)68-16-22(61)50-34-30(44)24(28(42)25(31(34)45)37(64)52(6)12-20(59)14-55)36(63)48-8-10-54(11-9-49-40(67)70-41(3,4)5)39(66)27-29(43)26(38(65)53(7)13-21(60)15-56)32(46)35(33(27)47)51-23(62)17-69-19(2)58;1-7(27)33-6-10(34-8(2)28)18(31)24-16-14(22)11(17(20)30)13(21)12(15(16)23)19(32)25(3)4-9(29)5-26;1-6(23)27-5-8(25)20-13-10(17)9(15(16)26)11(18)14(12(13)19)21(2)3-7(24)4-22;1-9(2,3)14-8(13)12-7-6-11-5-4-10/h20-21,55-56,59-60H,8-17H2,1-7H3,(H,48,63)(H,49,67)(H,50,61)(H,51,62);9-10,26,29H,4-6H2,1-3H3,(H,24,31);7,22,24H,3-5H2,1-2H3,(H,20,25);11H,4-7,10H2,1-3H3,(H,12,13). The predicted octanol–water partition coefficient (Wildman–Crippen LogP) is 6.53. The number of esters is 5. The van der Waals surface area contributed by atoms with Gasteiger partial charge in [0.2, 0.25) is 6.10 Å². The molecule has 5 unspecified atom stereocenters. The van der Waals surface area contributed by atoms with Gasteiger partial charge >= 0.3 is 42.0 Å². The maximum absolute atomic E-state index is 15.0. The average molecular weight is 3440 g/mol. The number of alkyl carbamates (subject to hydrolysis) is 2. The first-order valence-electron chi connectivity index (χ1n) is 41.8. The fourth-order valence-corrected chi connectivity index (χ4v) is 30.1. The topological polar surface area (TPSA) is 672 Å². The number of nitrogens with one attached hydrogen (secondary N) is 8. The predicted molar refractivity (Wildman–Crippen MR) is 630 cm³/mol. The molecule has 0 fully saturated rings. The van der Waals surface area contributed by atoms with Crippen LogP contribution in [0.1, 0.15) is 149 Å². The van der Waals surface area contributed by atoms with E-state index in [4.69, 9.17) is 67.6 Å². The van der Waals surface area contributed by atoms with Crippen LogP contribution in [0.15, 0.2) is 0 Å². The third-order valence-corrected chi connectivity index (χ3v) is 30.8. The summed E-state index contributed by atoms with van der Waals surface area (Å²) in [5.41, 5.74) is 4.86. The Morgan fingerprint density at radius 1 is 0.366 bits per heavy atom. The lowest BCUT2D eigenvalue weighted by atomic mass is 10.1. The van der Waals surface area contributed by atoms with Crippen molar-refractivity contribution >= 4 is 428 Å². The molecule has 11 amide bonds. The molecule has 0 aromatic heterocycles. The van der Waals surface area contributed by atoms with E-state index in [1.165, 1.54) is 33.0 Å². The molecule has 810 valence electrons. The summed E-state index contributed by atoms with van der Waals surface area (Å²) in [6, 6.07) is 0. The molecule has 0 aliphatic rings. The van der Waals surface area contributed by atoms with Gasteiger partial charge in [-0.05, 0) is 336 Å². The van der Waals surface area contributed by atoms with Crippen LogP contribution in [-0.2, 0) is 76.3 Å². The van der Waals surface area contributed by atoms with Crippen molar-refractivity contribution in [1.82, 2.24) is 40.9 Å². The minimum absolute atomic E-state index is 0.00202. The van der Waals surface area contributed by atoms with Crippen molar-refractivity contribution in [3.05, 3.63) is 81.8 Å². The highest BCUT2D eigenvalue weighted by molar-refractivity contribution is 14.1. The number of ether oxygens (including phenoxy) is 7. The Bertz CT molecular complexity index is 5380. The van der Waals surface area contributed by atoms with Crippen LogP contribution in [-0.4, -0.2) is 367 Å². The summed E-state index contributed by atoms with van der Waals surface area (Å²) < 4.78 is 37.7. The van der Waals surface area contributed by atoms with Crippen molar-refractivity contribution in [2.24, 2.45) is 5.73 Å². The summed E-state index contributed by atoms with van der Waals surface area (Å²) in [5.74, 6) is -10.1. The summed E-state index contributed by atoms with van der Waals surface area (Å²) in [6.07, 6.45) is -7.47. The van der Waals surface area contributed by atoms with Gasteiger partial charge in [0.1, 0.15) is 17.8 Å². The molecule has 47 nitrogen and oxygen atoms in total. The lowest BCUT2D eigenvalue weighted by Gasteiger charge is -2.28. The highest BCUT2D eigenvalue weighted by atomic mass is 127. The quantitative estimate of drug-likeness (QED) is 0.00735. The largest absolute Gasteiger partial charge is 0.461 e. The number of hydrogen-bond acceptors (Lipinski definition) is 36. The lowest BCUT2D eigenvalue weighted by molar-refractivity contribution is -0.160. The third kappa shape index (κ3) is 47.5. The maximum Gasteiger partial charge on any atom is 0.407 e. The first-order chi connectivity index (χ1) is 67.2. The second kappa shape index (κ2) is 68.4. The van der Waals surface area contributed by atoms with Crippen molar-refractivity contribution in [2.45, 2.75) is 118 Å². The Balaban J connectivity index is 0.00000115. The highest BCUT2D eigenvalue weighted by Crippen LogP contribution is 2.44. The Kier molecular flexibility index (Phi) is 65.6. The number of likely N-dealkylation sites (N-methyl/N-ethyl adjacent to an activating group) is 4. The van der Waals surface area contributed by atoms with E-state index < -0.39 is 194 Å². The number of hydrogen-bond donors (Lipinski definition) is 17. The van der Waals surface area contributed by atoms with Crippen molar-refractivity contribution in [1.29, 1.82) is 0 Å². The van der Waals surface area contributed by atoms with E-state index in [2.05, 4.69) is 47.3 Å². The second-order valence-electron chi connectivity index (χ2n) is 31.9. The molecule has 0 radical (unpaired) electrons. The lowest BCUT2D eigenvalue weighted by Crippen LogP contribution is -2.44. The van der Waals surface area contributed by atoms with Gasteiger partial charge in [-0.2, -0.15) is 0 Å². The zero-order valence-electron chi connectivity index (χ0n) is 79.9. The van der Waals surface area contributed by atoms with E-state index in [9.17, 15) is 117 Å². The van der Waals surface area contributed by atoms with Crippen LogP contribution >= 0.6 is 294 Å². The molecule has 0 spiro atoms. The number of carbonyl (C=O) groups excluding carboxylic acids is 18. The van der Waals surface area contributed by atoms with E-state index >= 15 is 0 Å². The SMILES string of the molecule is CC(=O)OCC(=O)Nc1c(I)c(C(=O)Cl)c(I)c(N(C)CC(O)CO)c1I.CC(=O)OCC(=O)Nc1c(I)c(C(=O)NCCN(CCNC(=O)OC(C)(C)C)C(=O)c2c(I)c(NC(=O)COC(C)=O)c(I)c(C(=O)N(C)CC(O)CO)c2I)c(I)c(C(=O)N(C)CC(O)CO)c1I.CC(=O)OCC(OC(C)=O)C(=O)Nc1c(I)c(C(=O)Cl)c(I)c(C(=O)N(C)CC(O)CO)c1I.CC(C)(C)OC(=O)NCCNCCN. The van der Waals surface area contributed by atoms with E-state index in [0.29, 0.717) is 41.7 Å². The van der Waals surface area contributed by atoms with Crippen LogP contribution in [0.5, 0.6) is 0 Å². The van der Waals surface area contributed by atoms with Gasteiger partial charge < -0.3 is 147 Å². The van der Waals surface area contributed by atoms with Crippen molar-refractivity contribution < 1.29 is 160 Å². The first kappa shape index (κ1) is 139.